The lowest BCUT2D eigenvalue weighted by atomic mass is 9.86. The van der Waals surface area contributed by atoms with Gasteiger partial charge in [0.25, 0.3) is 0 Å². The molecule has 0 aliphatic carbocycles. The summed E-state index contributed by atoms with van der Waals surface area (Å²) >= 11 is 0. The lowest BCUT2D eigenvalue weighted by molar-refractivity contribution is -0.197. The first kappa shape index (κ1) is 12.5. The molecule has 4 nitrogen and oxygen atoms in total. The van der Waals surface area contributed by atoms with Crippen LogP contribution >= 0.6 is 0 Å². The second-order valence-corrected chi connectivity index (χ2v) is 5.43. The van der Waals surface area contributed by atoms with Crippen molar-refractivity contribution in [1.82, 2.24) is 10.4 Å². The first-order valence-corrected chi connectivity index (χ1v) is 5.50. The Kier molecular flexibility index (Phi) is 3.12. The minimum absolute atomic E-state index is 0.0344. The summed E-state index contributed by atoms with van der Waals surface area (Å²) in [6, 6.07) is 0. The molecule has 1 rings (SSSR count). The van der Waals surface area contributed by atoms with E-state index in [1.54, 1.807) is 0 Å². The van der Waals surface area contributed by atoms with Crippen LogP contribution in [0.4, 0.5) is 0 Å². The van der Waals surface area contributed by atoms with Crippen molar-refractivity contribution in [2.75, 3.05) is 6.54 Å². The average Bonchev–Trinajstić information content (AvgIpc) is 2.27. The zero-order chi connectivity index (χ0) is 11.9. The Balaban J connectivity index is 2.89. The maximum Gasteiger partial charge on any atom is 0.225 e. The topological polar surface area (TPSA) is 52.6 Å². The number of hydrogen-bond donors (Lipinski definition) is 2. The summed E-state index contributed by atoms with van der Waals surface area (Å²) in [6.45, 7) is 10.3. The van der Waals surface area contributed by atoms with Gasteiger partial charge in [-0.3, -0.25) is 4.79 Å². The van der Waals surface area contributed by atoms with E-state index in [-0.39, 0.29) is 17.4 Å². The van der Waals surface area contributed by atoms with Crippen molar-refractivity contribution in [3.63, 3.8) is 0 Å². The largest absolute Gasteiger partial charge is 0.356 e. The molecule has 0 aromatic heterocycles. The van der Waals surface area contributed by atoms with E-state index in [4.69, 9.17) is 0 Å². The molecular formula is C11H22N2O2. The number of carbonyl (C=O) groups is 1. The van der Waals surface area contributed by atoms with Crippen LogP contribution in [0.25, 0.3) is 0 Å². The van der Waals surface area contributed by atoms with E-state index in [2.05, 4.69) is 5.32 Å². The van der Waals surface area contributed by atoms with Crippen LogP contribution in [0.2, 0.25) is 0 Å². The maximum atomic E-state index is 11.8. The summed E-state index contributed by atoms with van der Waals surface area (Å²) in [5.74, 6) is -0.121. The zero-order valence-electron chi connectivity index (χ0n) is 10.3. The molecule has 88 valence electrons. The lowest BCUT2D eigenvalue weighted by Crippen LogP contribution is -2.49. The summed E-state index contributed by atoms with van der Waals surface area (Å²) in [5, 5.41) is 14.2. The van der Waals surface area contributed by atoms with Crippen LogP contribution in [-0.2, 0) is 4.79 Å². The summed E-state index contributed by atoms with van der Waals surface area (Å²) in [5.41, 5.74) is -0.831. The van der Waals surface area contributed by atoms with Gasteiger partial charge in [0.1, 0.15) is 0 Å². The van der Waals surface area contributed by atoms with E-state index in [9.17, 15) is 10.0 Å². The number of nitrogens with zero attached hydrogens (tertiary/aromatic N) is 1. The highest BCUT2D eigenvalue weighted by Crippen LogP contribution is 2.43. The number of nitrogens with one attached hydrogen (secondary N) is 1. The van der Waals surface area contributed by atoms with Crippen molar-refractivity contribution in [3.05, 3.63) is 0 Å². The Morgan fingerprint density at radius 2 is 2.00 bits per heavy atom. The number of hydrogen-bond acceptors (Lipinski definition) is 3. The molecule has 0 spiro atoms. The second kappa shape index (κ2) is 3.76. The van der Waals surface area contributed by atoms with Gasteiger partial charge in [0.2, 0.25) is 5.91 Å². The third-order valence-corrected chi connectivity index (χ3v) is 3.34. The molecule has 0 saturated carbocycles. The monoisotopic (exact) mass is 214 g/mol. The normalized spacial score (nSPS) is 29.1. The predicted molar refractivity (Wildman–Crippen MR) is 58.6 cm³/mol. The van der Waals surface area contributed by atoms with Crippen molar-refractivity contribution in [1.29, 1.82) is 0 Å². The first-order valence-electron chi connectivity index (χ1n) is 5.50. The van der Waals surface area contributed by atoms with Gasteiger partial charge in [-0.1, -0.05) is 0 Å². The molecule has 1 aliphatic heterocycles. The van der Waals surface area contributed by atoms with Gasteiger partial charge >= 0.3 is 0 Å². The molecule has 15 heavy (non-hydrogen) atoms. The van der Waals surface area contributed by atoms with E-state index in [1.807, 2.05) is 34.6 Å². The molecule has 0 aromatic rings. The van der Waals surface area contributed by atoms with E-state index in [1.165, 1.54) is 5.06 Å². The molecule has 1 unspecified atom stereocenters. The summed E-state index contributed by atoms with van der Waals surface area (Å²) in [7, 11) is 0. The Labute approximate surface area is 91.6 Å². The van der Waals surface area contributed by atoms with Gasteiger partial charge < -0.3 is 10.5 Å². The van der Waals surface area contributed by atoms with Crippen LogP contribution in [0, 0.1) is 5.92 Å². The third-order valence-electron chi connectivity index (χ3n) is 3.34. The van der Waals surface area contributed by atoms with Gasteiger partial charge in [-0.15, -0.1) is 0 Å². The molecule has 1 atom stereocenters. The highest BCUT2D eigenvalue weighted by atomic mass is 16.5. The van der Waals surface area contributed by atoms with Crippen molar-refractivity contribution in [2.45, 2.75) is 52.1 Å². The minimum atomic E-state index is -0.497. The fraction of sp³-hybridized carbons (Fsp3) is 0.909. The van der Waals surface area contributed by atoms with Crippen LogP contribution in [0.3, 0.4) is 0 Å². The number of rotatable bonds is 2. The van der Waals surface area contributed by atoms with Crippen molar-refractivity contribution < 1.29 is 10.0 Å². The number of hydroxylamine groups is 2. The number of amides is 1. The molecule has 0 aromatic carbocycles. The summed E-state index contributed by atoms with van der Waals surface area (Å²) in [6.07, 6.45) is 0.683. The fourth-order valence-electron chi connectivity index (χ4n) is 2.47. The summed E-state index contributed by atoms with van der Waals surface area (Å²) in [4.78, 5) is 11.8. The molecule has 0 radical (unpaired) electrons. The van der Waals surface area contributed by atoms with Crippen LogP contribution in [0.5, 0.6) is 0 Å². The number of carbonyl (C=O) groups excluding carboxylic acids is 1. The standard InChI is InChI=1S/C11H22N2O2/c1-6-12-9(14)8-7-10(2,3)13(15)11(8,4)5/h8,15H,6-7H2,1-5H3,(H,12,14). The molecule has 1 amide bonds. The Morgan fingerprint density at radius 1 is 1.47 bits per heavy atom. The Morgan fingerprint density at radius 3 is 2.33 bits per heavy atom. The first-order chi connectivity index (χ1) is 6.73. The highest BCUT2D eigenvalue weighted by Gasteiger charge is 2.53. The Bertz CT molecular complexity index is 261. The zero-order valence-corrected chi connectivity index (χ0v) is 10.3. The van der Waals surface area contributed by atoms with Crippen molar-refractivity contribution in [2.24, 2.45) is 5.92 Å². The average molecular weight is 214 g/mol. The van der Waals surface area contributed by atoms with Gasteiger partial charge in [0, 0.05) is 12.1 Å². The van der Waals surface area contributed by atoms with Gasteiger partial charge in [-0.2, -0.15) is 5.06 Å². The van der Waals surface area contributed by atoms with Crippen LogP contribution in [-0.4, -0.2) is 33.8 Å². The van der Waals surface area contributed by atoms with Gasteiger partial charge in [0.05, 0.1) is 11.5 Å². The van der Waals surface area contributed by atoms with Crippen molar-refractivity contribution in [3.8, 4) is 0 Å². The summed E-state index contributed by atoms with van der Waals surface area (Å²) < 4.78 is 0. The Hall–Kier alpha value is -0.610. The molecule has 1 saturated heterocycles. The van der Waals surface area contributed by atoms with E-state index < -0.39 is 5.54 Å². The second-order valence-electron chi connectivity index (χ2n) is 5.43. The third kappa shape index (κ3) is 2.01. The molecule has 1 aliphatic rings. The van der Waals surface area contributed by atoms with Crippen LogP contribution < -0.4 is 5.32 Å². The van der Waals surface area contributed by atoms with E-state index in [0.29, 0.717) is 13.0 Å². The molecule has 4 heteroatoms. The smallest absolute Gasteiger partial charge is 0.225 e. The molecule has 1 fully saturated rings. The lowest BCUT2D eigenvalue weighted by Gasteiger charge is -2.35. The van der Waals surface area contributed by atoms with Gasteiger partial charge in [-0.25, -0.2) is 0 Å². The molecule has 1 heterocycles. The van der Waals surface area contributed by atoms with Crippen LogP contribution in [0.1, 0.15) is 41.0 Å². The highest BCUT2D eigenvalue weighted by molar-refractivity contribution is 5.80. The quantitative estimate of drug-likeness (QED) is 0.730. The van der Waals surface area contributed by atoms with E-state index >= 15 is 0 Å². The molecule has 0 bridgehead atoms. The maximum absolute atomic E-state index is 11.8. The predicted octanol–water partition coefficient (Wildman–Crippen LogP) is 1.39. The van der Waals surface area contributed by atoms with Crippen molar-refractivity contribution >= 4 is 5.91 Å². The minimum Gasteiger partial charge on any atom is -0.356 e. The fourth-order valence-corrected chi connectivity index (χ4v) is 2.47. The van der Waals surface area contributed by atoms with Gasteiger partial charge in [-0.05, 0) is 41.0 Å². The van der Waals surface area contributed by atoms with E-state index in [0.717, 1.165) is 0 Å². The SMILES string of the molecule is CCNC(=O)C1CC(C)(C)N(O)C1(C)C. The van der Waals surface area contributed by atoms with Gasteiger partial charge in [0.15, 0.2) is 0 Å². The molecular weight excluding hydrogens is 192 g/mol. The van der Waals surface area contributed by atoms with Crippen LogP contribution in [0.15, 0.2) is 0 Å². The molecule has 2 N–H and O–H groups in total.